The molecule has 180 valence electrons. The van der Waals surface area contributed by atoms with Gasteiger partial charge in [-0.3, -0.25) is 9.10 Å². The second-order valence-electron chi connectivity index (χ2n) is 8.51. The minimum atomic E-state index is -3.71. The molecule has 0 saturated heterocycles. The number of sulfonamides is 1. The largest absolute Gasteiger partial charge is 0.318 e. The molecular weight excluding hydrogens is 460 g/mol. The van der Waals surface area contributed by atoms with Crippen molar-refractivity contribution in [3.63, 3.8) is 0 Å². The SMILES string of the molecule is Cc1ccccc1-n1c(C)cc(C=NNC(=O)CN(c2cccc3ccccc23)S(C)(=O)=O)c1C. The molecule has 1 N–H and O–H groups in total. The number of para-hydroxylation sites is 1. The molecule has 1 heterocycles. The number of nitrogens with zero attached hydrogens (tertiary/aromatic N) is 3. The number of carbonyl (C=O) groups excluding carboxylic acids is 1. The van der Waals surface area contributed by atoms with Crippen LogP contribution in [0.3, 0.4) is 0 Å². The van der Waals surface area contributed by atoms with E-state index in [0.29, 0.717) is 5.69 Å². The van der Waals surface area contributed by atoms with Gasteiger partial charge in [0.25, 0.3) is 5.91 Å². The first-order valence-electron chi connectivity index (χ1n) is 11.2. The van der Waals surface area contributed by atoms with Crippen molar-refractivity contribution >= 4 is 38.6 Å². The van der Waals surface area contributed by atoms with Crippen molar-refractivity contribution in [3.8, 4) is 5.69 Å². The van der Waals surface area contributed by atoms with E-state index in [0.717, 1.165) is 49.5 Å². The van der Waals surface area contributed by atoms with E-state index in [4.69, 9.17) is 0 Å². The van der Waals surface area contributed by atoms with Crippen LogP contribution < -0.4 is 9.73 Å². The first-order chi connectivity index (χ1) is 16.7. The van der Waals surface area contributed by atoms with E-state index in [2.05, 4.69) is 34.2 Å². The number of hydrogen-bond acceptors (Lipinski definition) is 4. The number of fused-ring (bicyclic) bond motifs is 1. The lowest BCUT2D eigenvalue weighted by molar-refractivity contribution is -0.119. The molecule has 0 fully saturated rings. The Kier molecular flexibility index (Phi) is 6.75. The summed E-state index contributed by atoms with van der Waals surface area (Å²) in [7, 11) is -3.71. The number of rotatable bonds is 7. The average molecular weight is 489 g/mol. The van der Waals surface area contributed by atoms with Gasteiger partial charge in [-0.1, -0.05) is 54.6 Å². The lowest BCUT2D eigenvalue weighted by Crippen LogP contribution is -2.39. The molecule has 0 saturated carbocycles. The van der Waals surface area contributed by atoms with E-state index in [1.807, 2.05) is 62.4 Å². The van der Waals surface area contributed by atoms with Gasteiger partial charge in [0.05, 0.1) is 18.2 Å². The minimum absolute atomic E-state index is 0.383. The summed E-state index contributed by atoms with van der Waals surface area (Å²) in [5.41, 5.74) is 8.06. The summed E-state index contributed by atoms with van der Waals surface area (Å²) in [6.07, 6.45) is 2.67. The van der Waals surface area contributed by atoms with Gasteiger partial charge in [0.1, 0.15) is 6.54 Å². The van der Waals surface area contributed by atoms with Crippen molar-refractivity contribution in [1.29, 1.82) is 0 Å². The Morgan fingerprint density at radius 1 is 1.00 bits per heavy atom. The van der Waals surface area contributed by atoms with Crippen LogP contribution in [-0.2, 0) is 14.8 Å². The monoisotopic (exact) mass is 488 g/mol. The van der Waals surface area contributed by atoms with E-state index < -0.39 is 15.9 Å². The van der Waals surface area contributed by atoms with Crippen molar-refractivity contribution in [1.82, 2.24) is 9.99 Å². The number of nitrogens with one attached hydrogen (secondary N) is 1. The number of benzene rings is 3. The van der Waals surface area contributed by atoms with E-state index in [1.54, 1.807) is 18.3 Å². The van der Waals surface area contributed by atoms with Gasteiger partial charge in [-0.05, 0) is 49.9 Å². The first kappa shape index (κ1) is 24.2. The first-order valence-corrected chi connectivity index (χ1v) is 13.0. The Bertz CT molecular complexity index is 1530. The Hall–Kier alpha value is -3.91. The van der Waals surface area contributed by atoms with Gasteiger partial charge in [0.2, 0.25) is 10.0 Å². The maximum absolute atomic E-state index is 12.7. The van der Waals surface area contributed by atoms with Crippen molar-refractivity contribution in [2.45, 2.75) is 20.8 Å². The lowest BCUT2D eigenvalue weighted by Gasteiger charge is -2.23. The van der Waals surface area contributed by atoms with Crippen molar-refractivity contribution in [2.24, 2.45) is 5.10 Å². The zero-order valence-electron chi connectivity index (χ0n) is 20.2. The predicted octanol–water partition coefficient (Wildman–Crippen LogP) is 4.47. The topological polar surface area (TPSA) is 83.8 Å². The van der Waals surface area contributed by atoms with Gasteiger partial charge in [-0.15, -0.1) is 0 Å². The Morgan fingerprint density at radius 3 is 2.43 bits per heavy atom. The normalized spacial score (nSPS) is 11.8. The molecule has 8 heteroatoms. The molecule has 0 unspecified atom stereocenters. The van der Waals surface area contributed by atoms with E-state index in [-0.39, 0.29) is 6.54 Å². The van der Waals surface area contributed by atoms with E-state index >= 15 is 0 Å². The van der Waals surface area contributed by atoms with Crippen LogP contribution >= 0.6 is 0 Å². The molecule has 1 amide bonds. The second kappa shape index (κ2) is 9.76. The molecule has 0 aliphatic rings. The predicted molar refractivity (Wildman–Crippen MR) is 142 cm³/mol. The van der Waals surface area contributed by atoms with Crippen LogP contribution in [0.2, 0.25) is 0 Å². The molecule has 0 aliphatic carbocycles. The molecular formula is C27H28N4O3S. The number of aromatic nitrogens is 1. The molecule has 1 aromatic heterocycles. The van der Waals surface area contributed by atoms with Gasteiger partial charge in [0.15, 0.2) is 0 Å². The highest BCUT2D eigenvalue weighted by Gasteiger charge is 2.22. The van der Waals surface area contributed by atoms with Gasteiger partial charge >= 0.3 is 0 Å². The van der Waals surface area contributed by atoms with Gasteiger partial charge in [0, 0.05) is 28.0 Å². The molecule has 0 aliphatic heterocycles. The second-order valence-corrected chi connectivity index (χ2v) is 10.4. The number of amides is 1. The zero-order valence-corrected chi connectivity index (χ0v) is 21.0. The summed E-state index contributed by atoms with van der Waals surface area (Å²) < 4.78 is 28.4. The number of hydrazone groups is 1. The quantitative estimate of drug-likeness (QED) is 0.308. The number of hydrogen-bond donors (Lipinski definition) is 1. The van der Waals surface area contributed by atoms with Crippen molar-refractivity contribution in [3.05, 3.63) is 95.3 Å². The molecule has 0 atom stereocenters. The fourth-order valence-electron chi connectivity index (χ4n) is 4.25. The summed E-state index contributed by atoms with van der Waals surface area (Å²) in [5, 5.41) is 5.74. The maximum Gasteiger partial charge on any atom is 0.260 e. The lowest BCUT2D eigenvalue weighted by atomic mass is 10.1. The highest BCUT2D eigenvalue weighted by atomic mass is 32.2. The summed E-state index contributed by atoms with van der Waals surface area (Å²) in [6.45, 7) is 5.69. The smallest absolute Gasteiger partial charge is 0.260 e. The third kappa shape index (κ3) is 5.12. The van der Waals surface area contributed by atoms with Crippen LogP contribution in [0.15, 0.2) is 77.9 Å². The molecule has 4 aromatic rings. The average Bonchev–Trinajstić information content (AvgIpc) is 3.09. The van der Waals surface area contributed by atoms with Crippen molar-refractivity contribution in [2.75, 3.05) is 17.1 Å². The van der Waals surface area contributed by atoms with Crippen LogP contribution in [0, 0.1) is 20.8 Å². The highest BCUT2D eigenvalue weighted by molar-refractivity contribution is 7.92. The Balaban J connectivity index is 1.54. The van der Waals surface area contributed by atoms with Crippen LogP contribution in [0.1, 0.15) is 22.5 Å². The zero-order chi connectivity index (χ0) is 25.2. The van der Waals surface area contributed by atoms with E-state index in [9.17, 15) is 13.2 Å². The molecule has 4 rings (SSSR count). The third-order valence-electron chi connectivity index (χ3n) is 5.94. The number of anilines is 1. The molecule has 3 aromatic carbocycles. The summed E-state index contributed by atoms with van der Waals surface area (Å²) in [4.78, 5) is 12.7. The molecule has 7 nitrogen and oxygen atoms in total. The van der Waals surface area contributed by atoms with Crippen LogP contribution in [0.4, 0.5) is 5.69 Å². The van der Waals surface area contributed by atoms with Crippen LogP contribution in [0.5, 0.6) is 0 Å². The summed E-state index contributed by atoms with van der Waals surface area (Å²) in [5.74, 6) is -0.535. The molecule has 35 heavy (non-hydrogen) atoms. The standard InChI is InChI=1S/C27H28N4O3S/c1-19-10-5-8-14-25(19)31-20(2)16-23(21(31)3)17-28-29-27(32)18-30(35(4,33)34)26-15-9-12-22-11-6-7-13-24(22)26/h5-17H,18H2,1-4H3,(H,29,32). The Labute approximate surface area is 205 Å². The number of carbonyl (C=O) groups is 1. The van der Waals surface area contributed by atoms with Gasteiger partial charge in [-0.25, -0.2) is 13.8 Å². The number of aryl methyl sites for hydroxylation is 2. The minimum Gasteiger partial charge on any atom is -0.318 e. The molecule has 0 bridgehead atoms. The van der Waals surface area contributed by atoms with Crippen molar-refractivity contribution < 1.29 is 13.2 Å². The van der Waals surface area contributed by atoms with E-state index in [1.165, 1.54) is 0 Å². The molecule has 0 spiro atoms. The molecule has 0 radical (unpaired) electrons. The highest BCUT2D eigenvalue weighted by Crippen LogP contribution is 2.28. The Morgan fingerprint density at radius 2 is 1.69 bits per heavy atom. The van der Waals surface area contributed by atoms with Gasteiger partial charge in [-0.2, -0.15) is 5.10 Å². The summed E-state index contributed by atoms with van der Waals surface area (Å²) >= 11 is 0. The van der Waals surface area contributed by atoms with Crippen LogP contribution in [-0.4, -0.2) is 37.9 Å². The fourth-order valence-corrected chi connectivity index (χ4v) is 5.12. The maximum atomic E-state index is 12.7. The van der Waals surface area contributed by atoms with Gasteiger partial charge < -0.3 is 4.57 Å². The fraction of sp³-hybridized carbons (Fsp3) is 0.185. The van der Waals surface area contributed by atoms with Crippen LogP contribution in [0.25, 0.3) is 16.5 Å². The third-order valence-corrected chi connectivity index (χ3v) is 7.07. The summed E-state index contributed by atoms with van der Waals surface area (Å²) in [6, 6.07) is 22.9.